The van der Waals surface area contributed by atoms with Crippen molar-refractivity contribution in [3.63, 3.8) is 0 Å². The SMILES string of the molecule is COC(CNc1ccc(C)cc1C#N)OC. The Hall–Kier alpha value is -1.57. The molecule has 1 rings (SSSR count). The topological polar surface area (TPSA) is 54.3 Å². The van der Waals surface area contributed by atoms with Crippen LogP contribution in [0.5, 0.6) is 0 Å². The summed E-state index contributed by atoms with van der Waals surface area (Å²) in [5, 5.41) is 12.1. The first-order chi connectivity index (χ1) is 7.71. The first-order valence-electron chi connectivity index (χ1n) is 5.01. The molecule has 86 valence electrons. The molecule has 16 heavy (non-hydrogen) atoms. The molecule has 4 heteroatoms. The molecule has 0 radical (unpaired) electrons. The maximum absolute atomic E-state index is 8.97. The Labute approximate surface area is 95.8 Å². The quantitative estimate of drug-likeness (QED) is 0.770. The lowest BCUT2D eigenvalue weighted by Crippen LogP contribution is -2.23. The van der Waals surface area contributed by atoms with Gasteiger partial charge in [0.15, 0.2) is 6.29 Å². The number of methoxy groups -OCH3 is 2. The van der Waals surface area contributed by atoms with Gasteiger partial charge in [-0.15, -0.1) is 0 Å². The van der Waals surface area contributed by atoms with Crippen molar-refractivity contribution in [3.8, 4) is 6.07 Å². The van der Waals surface area contributed by atoms with Crippen LogP contribution < -0.4 is 5.32 Å². The van der Waals surface area contributed by atoms with Gasteiger partial charge in [0.25, 0.3) is 0 Å². The molecule has 4 nitrogen and oxygen atoms in total. The average molecular weight is 220 g/mol. The zero-order valence-corrected chi connectivity index (χ0v) is 9.78. The number of benzene rings is 1. The van der Waals surface area contributed by atoms with Crippen molar-refractivity contribution in [2.24, 2.45) is 0 Å². The maximum atomic E-state index is 8.97. The van der Waals surface area contributed by atoms with Gasteiger partial charge in [-0.2, -0.15) is 5.26 Å². The Morgan fingerprint density at radius 1 is 1.38 bits per heavy atom. The molecule has 0 aromatic heterocycles. The first kappa shape index (κ1) is 12.5. The Kier molecular flexibility index (Phi) is 4.77. The molecule has 0 bridgehead atoms. The number of hydrogen-bond donors (Lipinski definition) is 1. The van der Waals surface area contributed by atoms with Crippen LogP contribution in [0.4, 0.5) is 5.69 Å². The number of aryl methyl sites for hydroxylation is 1. The molecule has 0 unspecified atom stereocenters. The highest BCUT2D eigenvalue weighted by Crippen LogP contribution is 2.16. The van der Waals surface area contributed by atoms with Gasteiger partial charge in [0.05, 0.1) is 17.8 Å². The number of nitriles is 1. The maximum Gasteiger partial charge on any atom is 0.173 e. The fourth-order valence-electron chi connectivity index (χ4n) is 1.36. The van der Waals surface area contributed by atoms with E-state index in [4.69, 9.17) is 14.7 Å². The Morgan fingerprint density at radius 2 is 2.06 bits per heavy atom. The Balaban J connectivity index is 2.70. The molecule has 0 fully saturated rings. The van der Waals surface area contributed by atoms with Crippen LogP contribution >= 0.6 is 0 Å². The molecule has 0 amide bonds. The smallest absolute Gasteiger partial charge is 0.173 e. The number of ether oxygens (including phenoxy) is 2. The fourth-order valence-corrected chi connectivity index (χ4v) is 1.36. The Bertz CT molecular complexity index is 381. The van der Waals surface area contributed by atoms with Crippen molar-refractivity contribution in [3.05, 3.63) is 29.3 Å². The molecule has 0 heterocycles. The van der Waals surface area contributed by atoms with E-state index in [2.05, 4.69) is 11.4 Å². The van der Waals surface area contributed by atoms with Crippen molar-refractivity contribution in [2.75, 3.05) is 26.1 Å². The largest absolute Gasteiger partial charge is 0.379 e. The van der Waals surface area contributed by atoms with Crippen LogP contribution in [0.15, 0.2) is 18.2 Å². The van der Waals surface area contributed by atoms with Gasteiger partial charge in [0.1, 0.15) is 6.07 Å². The average Bonchev–Trinajstić information content (AvgIpc) is 2.31. The monoisotopic (exact) mass is 220 g/mol. The van der Waals surface area contributed by atoms with Gasteiger partial charge in [-0.3, -0.25) is 0 Å². The lowest BCUT2D eigenvalue weighted by atomic mass is 10.1. The normalized spacial score (nSPS) is 10.2. The zero-order valence-electron chi connectivity index (χ0n) is 9.78. The standard InChI is InChI=1S/C12H16N2O2/c1-9-4-5-11(10(6-9)7-13)14-8-12(15-2)16-3/h4-6,12,14H,8H2,1-3H3. The lowest BCUT2D eigenvalue weighted by Gasteiger charge is -2.15. The van der Waals surface area contributed by atoms with E-state index in [0.717, 1.165) is 11.3 Å². The third kappa shape index (κ3) is 3.23. The molecule has 0 saturated heterocycles. The number of rotatable bonds is 5. The van der Waals surface area contributed by atoms with Crippen LogP contribution in [0.25, 0.3) is 0 Å². The van der Waals surface area contributed by atoms with Crippen LogP contribution in [0, 0.1) is 18.3 Å². The summed E-state index contributed by atoms with van der Waals surface area (Å²) in [7, 11) is 3.16. The van der Waals surface area contributed by atoms with Crippen molar-refractivity contribution in [1.29, 1.82) is 5.26 Å². The van der Waals surface area contributed by atoms with E-state index in [-0.39, 0.29) is 6.29 Å². The summed E-state index contributed by atoms with van der Waals surface area (Å²) in [6.07, 6.45) is -0.312. The second-order valence-corrected chi connectivity index (χ2v) is 3.44. The van der Waals surface area contributed by atoms with Crippen molar-refractivity contribution < 1.29 is 9.47 Å². The van der Waals surface area contributed by atoms with Crippen LogP contribution in [0.3, 0.4) is 0 Å². The first-order valence-corrected chi connectivity index (χ1v) is 5.01. The van der Waals surface area contributed by atoms with Crippen LogP contribution in [-0.2, 0) is 9.47 Å². The van der Waals surface area contributed by atoms with E-state index in [9.17, 15) is 0 Å². The van der Waals surface area contributed by atoms with Crippen molar-refractivity contribution in [2.45, 2.75) is 13.2 Å². The molecule has 0 spiro atoms. The molecule has 1 aromatic rings. The van der Waals surface area contributed by atoms with E-state index in [0.29, 0.717) is 12.1 Å². The molecular formula is C12H16N2O2. The lowest BCUT2D eigenvalue weighted by molar-refractivity contribution is -0.0914. The molecule has 0 saturated carbocycles. The van der Waals surface area contributed by atoms with Crippen LogP contribution in [0.2, 0.25) is 0 Å². The molecule has 1 N–H and O–H groups in total. The van der Waals surface area contributed by atoms with E-state index in [1.165, 1.54) is 0 Å². The summed E-state index contributed by atoms with van der Waals surface area (Å²) in [6, 6.07) is 7.84. The zero-order chi connectivity index (χ0) is 12.0. The number of nitrogens with zero attached hydrogens (tertiary/aromatic N) is 1. The van der Waals surface area contributed by atoms with Gasteiger partial charge in [0, 0.05) is 14.2 Å². The van der Waals surface area contributed by atoms with E-state index in [1.807, 2.05) is 25.1 Å². The molecular weight excluding hydrogens is 204 g/mol. The van der Waals surface area contributed by atoms with Gasteiger partial charge in [0.2, 0.25) is 0 Å². The molecule has 0 aliphatic rings. The summed E-state index contributed by atoms with van der Waals surface area (Å²) in [5.41, 5.74) is 2.50. The summed E-state index contributed by atoms with van der Waals surface area (Å²) < 4.78 is 10.1. The van der Waals surface area contributed by atoms with Gasteiger partial charge >= 0.3 is 0 Å². The van der Waals surface area contributed by atoms with E-state index in [1.54, 1.807) is 14.2 Å². The molecule has 0 aliphatic carbocycles. The highest BCUT2D eigenvalue weighted by molar-refractivity contribution is 5.58. The van der Waals surface area contributed by atoms with Crippen molar-refractivity contribution in [1.82, 2.24) is 0 Å². The van der Waals surface area contributed by atoms with Gasteiger partial charge < -0.3 is 14.8 Å². The van der Waals surface area contributed by atoms with E-state index >= 15 is 0 Å². The summed E-state index contributed by atoms with van der Waals surface area (Å²) in [6.45, 7) is 2.46. The predicted octanol–water partition coefficient (Wildman–Crippen LogP) is 1.90. The third-order valence-electron chi connectivity index (χ3n) is 2.28. The number of nitrogens with one attached hydrogen (secondary N) is 1. The van der Waals surface area contributed by atoms with E-state index < -0.39 is 0 Å². The fraction of sp³-hybridized carbons (Fsp3) is 0.417. The Morgan fingerprint density at radius 3 is 2.62 bits per heavy atom. The highest BCUT2D eigenvalue weighted by atomic mass is 16.7. The second-order valence-electron chi connectivity index (χ2n) is 3.44. The summed E-state index contributed by atoms with van der Waals surface area (Å²) in [4.78, 5) is 0. The second kappa shape index (κ2) is 6.11. The minimum atomic E-state index is -0.312. The highest BCUT2D eigenvalue weighted by Gasteiger charge is 2.06. The molecule has 0 aliphatic heterocycles. The summed E-state index contributed by atoms with van der Waals surface area (Å²) in [5.74, 6) is 0. The van der Waals surface area contributed by atoms with Gasteiger partial charge in [-0.05, 0) is 24.6 Å². The number of hydrogen-bond acceptors (Lipinski definition) is 4. The minimum Gasteiger partial charge on any atom is -0.379 e. The van der Waals surface area contributed by atoms with Crippen LogP contribution in [-0.4, -0.2) is 27.1 Å². The predicted molar refractivity (Wildman–Crippen MR) is 62.2 cm³/mol. The molecule has 1 aromatic carbocycles. The van der Waals surface area contributed by atoms with Crippen molar-refractivity contribution >= 4 is 5.69 Å². The van der Waals surface area contributed by atoms with Gasteiger partial charge in [-0.1, -0.05) is 6.07 Å². The van der Waals surface area contributed by atoms with Gasteiger partial charge in [-0.25, -0.2) is 0 Å². The summed E-state index contributed by atoms with van der Waals surface area (Å²) >= 11 is 0. The molecule has 0 atom stereocenters. The van der Waals surface area contributed by atoms with Crippen LogP contribution in [0.1, 0.15) is 11.1 Å². The number of anilines is 1. The minimum absolute atomic E-state index is 0.312. The third-order valence-corrected chi connectivity index (χ3v) is 2.28.